The van der Waals surface area contributed by atoms with Crippen LogP contribution < -0.4 is 5.32 Å². The Morgan fingerprint density at radius 3 is 2.42 bits per heavy atom. The van der Waals surface area contributed by atoms with E-state index in [0.29, 0.717) is 11.4 Å². The van der Waals surface area contributed by atoms with Gasteiger partial charge in [0.15, 0.2) is 0 Å². The summed E-state index contributed by atoms with van der Waals surface area (Å²) in [7, 11) is 0. The summed E-state index contributed by atoms with van der Waals surface area (Å²) < 4.78 is 0. The van der Waals surface area contributed by atoms with Crippen molar-refractivity contribution in [2.24, 2.45) is 0 Å². The highest BCUT2D eigenvalue weighted by Gasteiger charge is 2.16. The molecule has 1 unspecified atom stereocenters. The summed E-state index contributed by atoms with van der Waals surface area (Å²) in [5.41, 5.74) is 0.797. The van der Waals surface area contributed by atoms with E-state index in [0.717, 1.165) is 18.5 Å². The van der Waals surface area contributed by atoms with Crippen molar-refractivity contribution in [2.45, 2.75) is 51.5 Å². The predicted octanol–water partition coefficient (Wildman–Crippen LogP) is 4.57. The Hall–Kier alpha value is -1.22. The van der Waals surface area contributed by atoms with E-state index in [1.165, 1.54) is 19.3 Å². The van der Waals surface area contributed by atoms with Gasteiger partial charge in [-0.1, -0.05) is 50.6 Å². The molecule has 0 aliphatic rings. The van der Waals surface area contributed by atoms with E-state index in [1.807, 2.05) is 0 Å². The monoisotopic (exact) mass is 283 g/mol. The molecule has 0 amide bonds. The first-order chi connectivity index (χ1) is 9.13. The SMILES string of the molecule is CCCCCCCC(Nc1ccc(Cl)cc1)C(=O)O. The molecule has 1 atom stereocenters. The second kappa shape index (κ2) is 8.81. The lowest BCUT2D eigenvalue weighted by Crippen LogP contribution is -2.29. The number of benzene rings is 1. The molecule has 0 aromatic heterocycles. The van der Waals surface area contributed by atoms with E-state index < -0.39 is 12.0 Å². The van der Waals surface area contributed by atoms with Gasteiger partial charge < -0.3 is 10.4 Å². The van der Waals surface area contributed by atoms with Crippen molar-refractivity contribution in [3.8, 4) is 0 Å². The van der Waals surface area contributed by atoms with Crippen LogP contribution in [0.5, 0.6) is 0 Å². The number of nitrogens with one attached hydrogen (secondary N) is 1. The smallest absolute Gasteiger partial charge is 0.326 e. The molecule has 1 aromatic carbocycles. The molecule has 1 rings (SSSR count). The zero-order valence-electron chi connectivity index (χ0n) is 11.4. The molecule has 106 valence electrons. The van der Waals surface area contributed by atoms with Gasteiger partial charge in [0.25, 0.3) is 0 Å². The van der Waals surface area contributed by atoms with E-state index in [2.05, 4.69) is 12.2 Å². The van der Waals surface area contributed by atoms with Crippen LogP contribution in [0.2, 0.25) is 5.02 Å². The van der Waals surface area contributed by atoms with Crippen LogP contribution in [0.4, 0.5) is 5.69 Å². The van der Waals surface area contributed by atoms with Crippen LogP contribution in [0.1, 0.15) is 45.4 Å². The van der Waals surface area contributed by atoms with Crippen molar-refractivity contribution in [3.05, 3.63) is 29.3 Å². The standard InChI is InChI=1S/C15H22ClNO2/c1-2-3-4-5-6-7-14(15(18)19)17-13-10-8-12(16)9-11-13/h8-11,14,17H,2-7H2,1H3,(H,18,19). The molecule has 4 heteroatoms. The first-order valence-corrected chi connectivity index (χ1v) is 7.26. The summed E-state index contributed by atoms with van der Waals surface area (Å²) in [5, 5.41) is 12.9. The molecule has 2 N–H and O–H groups in total. The van der Waals surface area contributed by atoms with Crippen LogP contribution >= 0.6 is 11.6 Å². The lowest BCUT2D eigenvalue weighted by Gasteiger charge is -2.15. The summed E-state index contributed by atoms with van der Waals surface area (Å²) in [6.07, 6.45) is 6.30. The number of aliphatic carboxylic acids is 1. The van der Waals surface area contributed by atoms with Crippen molar-refractivity contribution in [2.75, 3.05) is 5.32 Å². The molecule has 0 aliphatic heterocycles. The third kappa shape index (κ3) is 6.48. The summed E-state index contributed by atoms with van der Waals surface area (Å²) in [5.74, 6) is -0.801. The van der Waals surface area contributed by atoms with Crippen LogP contribution in [-0.2, 0) is 4.79 Å². The third-order valence-corrected chi connectivity index (χ3v) is 3.33. The summed E-state index contributed by atoms with van der Waals surface area (Å²) >= 11 is 5.80. The van der Waals surface area contributed by atoms with Gasteiger partial charge >= 0.3 is 5.97 Å². The Labute approximate surface area is 120 Å². The number of hydrogen-bond donors (Lipinski definition) is 2. The number of carboxylic acid groups (broad SMARTS) is 1. The first kappa shape index (κ1) is 15.8. The average Bonchev–Trinajstić information content (AvgIpc) is 2.39. The quantitative estimate of drug-likeness (QED) is 0.653. The largest absolute Gasteiger partial charge is 0.480 e. The maximum atomic E-state index is 11.2. The summed E-state index contributed by atoms with van der Waals surface area (Å²) in [6, 6.07) is 6.58. The fraction of sp³-hybridized carbons (Fsp3) is 0.533. The first-order valence-electron chi connectivity index (χ1n) is 6.88. The van der Waals surface area contributed by atoms with Gasteiger partial charge in [-0.2, -0.15) is 0 Å². The minimum atomic E-state index is -0.801. The summed E-state index contributed by atoms with van der Waals surface area (Å²) in [4.78, 5) is 11.2. The topological polar surface area (TPSA) is 49.3 Å². The zero-order chi connectivity index (χ0) is 14.1. The number of carbonyl (C=O) groups is 1. The van der Waals surface area contributed by atoms with Crippen LogP contribution in [0.25, 0.3) is 0 Å². The Morgan fingerprint density at radius 2 is 1.84 bits per heavy atom. The highest BCUT2D eigenvalue weighted by atomic mass is 35.5. The second-order valence-corrected chi connectivity index (χ2v) is 5.18. The van der Waals surface area contributed by atoms with E-state index in [4.69, 9.17) is 11.6 Å². The minimum absolute atomic E-state index is 0.525. The maximum absolute atomic E-state index is 11.2. The van der Waals surface area contributed by atoms with E-state index in [-0.39, 0.29) is 0 Å². The predicted molar refractivity (Wildman–Crippen MR) is 79.9 cm³/mol. The number of unbranched alkanes of at least 4 members (excludes halogenated alkanes) is 4. The van der Waals surface area contributed by atoms with E-state index in [9.17, 15) is 9.90 Å². The van der Waals surface area contributed by atoms with Gasteiger partial charge in [0.2, 0.25) is 0 Å². The van der Waals surface area contributed by atoms with E-state index in [1.54, 1.807) is 24.3 Å². The minimum Gasteiger partial charge on any atom is -0.480 e. The molecule has 0 spiro atoms. The Kier molecular flexibility index (Phi) is 7.34. The molecule has 0 saturated carbocycles. The molecule has 0 aliphatic carbocycles. The number of anilines is 1. The van der Waals surface area contributed by atoms with Crippen LogP contribution in [0.3, 0.4) is 0 Å². The number of hydrogen-bond acceptors (Lipinski definition) is 2. The van der Waals surface area contributed by atoms with Crippen molar-refractivity contribution in [3.63, 3.8) is 0 Å². The van der Waals surface area contributed by atoms with Crippen molar-refractivity contribution < 1.29 is 9.90 Å². The third-order valence-electron chi connectivity index (χ3n) is 3.08. The molecular formula is C15H22ClNO2. The highest BCUT2D eigenvalue weighted by Crippen LogP contribution is 2.16. The van der Waals surface area contributed by atoms with Gasteiger partial charge in [0, 0.05) is 10.7 Å². The van der Waals surface area contributed by atoms with Crippen LogP contribution in [-0.4, -0.2) is 17.1 Å². The van der Waals surface area contributed by atoms with Gasteiger partial charge in [0.05, 0.1) is 0 Å². The molecule has 0 bridgehead atoms. The van der Waals surface area contributed by atoms with Crippen molar-refractivity contribution in [1.82, 2.24) is 0 Å². The summed E-state index contributed by atoms with van der Waals surface area (Å²) in [6.45, 7) is 2.17. The Balaban J connectivity index is 2.40. The molecule has 0 heterocycles. The van der Waals surface area contributed by atoms with E-state index >= 15 is 0 Å². The molecule has 0 radical (unpaired) electrons. The van der Waals surface area contributed by atoms with Crippen LogP contribution in [0.15, 0.2) is 24.3 Å². The lowest BCUT2D eigenvalue weighted by atomic mass is 10.1. The van der Waals surface area contributed by atoms with Gasteiger partial charge in [-0.15, -0.1) is 0 Å². The fourth-order valence-corrected chi connectivity index (χ4v) is 2.08. The molecule has 1 aromatic rings. The van der Waals surface area contributed by atoms with Gasteiger partial charge in [-0.05, 0) is 30.7 Å². The van der Waals surface area contributed by atoms with Crippen molar-refractivity contribution in [1.29, 1.82) is 0 Å². The molecule has 0 saturated heterocycles. The molecular weight excluding hydrogens is 262 g/mol. The zero-order valence-corrected chi connectivity index (χ0v) is 12.1. The van der Waals surface area contributed by atoms with Gasteiger partial charge in [-0.25, -0.2) is 4.79 Å². The Bertz CT molecular complexity index is 378. The number of rotatable bonds is 9. The Morgan fingerprint density at radius 1 is 1.21 bits per heavy atom. The lowest BCUT2D eigenvalue weighted by molar-refractivity contribution is -0.138. The average molecular weight is 284 g/mol. The highest BCUT2D eigenvalue weighted by molar-refractivity contribution is 6.30. The van der Waals surface area contributed by atoms with Gasteiger partial charge in [-0.3, -0.25) is 0 Å². The fourth-order valence-electron chi connectivity index (χ4n) is 1.96. The van der Waals surface area contributed by atoms with Gasteiger partial charge in [0.1, 0.15) is 6.04 Å². The molecule has 0 fully saturated rings. The van der Waals surface area contributed by atoms with Crippen LogP contribution in [0, 0.1) is 0 Å². The normalized spacial score (nSPS) is 12.1. The molecule has 3 nitrogen and oxygen atoms in total. The molecule has 19 heavy (non-hydrogen) atoms. The van der Waals surface area contributed by atoms with Crippen molar-refractivity contribution >= 4 is 23.3 Å². The maximum Gasteiger partial charge on any atom is 0.326 e. The number of carboxylic acids is 1. The second-order valence-electron chi connectivity index (χ2n) is 4.74. The number of halogens is 1.